The molecule has 0 aliphatic rings. The van der Waals surface area contributed by atoms with Crippen LogP contribution in [-0.2, 0) is 0 Å². The Hall–Kier alpha value is -1.29. The molecule has 1 nitrogen and oxygen atoms in total. The average Bonchev–Trinajstić information content (AvgIpc) is 2.10. The molecule has 0 aliphatic carbocycles. The van der Waals surface area contributed by atoms with Gasteiger partial charge in [0, 0.05) is 6.54 Å². The summed E-state index contributed by atoms with van der Waals surface area (Å²) in [5.74, 6) is -3.85. The Morgan fingerprint density at radius 1 is 1.15 bits per heavy atom. The van der Waals surface area contributed by atoms with Crippen LogP contribution in [0.2, 0.25) is 0 Å². The quantitative estimate of drug-likeness (QED) is 0.705. The molecule has 0 aliphatic heterocycles. The summed E-state index contributed by atoms with van der Waals surface area (Å²) in [6, 6.07) is 1.81. The third kappa shape index (κ3) is 2.32. The largest absolute Gasteiger partial charge is 0.327 e. The van der Waals surface area contributed by atoms with Gasteiger partial charge >= 0.3 is 0 Å². The minimum atomic E-state index is -1.45. The van der Waals surface area contributed by atoms with E-state index in [1.807, 2.05) is 0 Å². The Labute approximate surface area is 73.7 Å². The zero-order valence-corrected chi connectivity index (χ0v) is 6.73. The molecule has 0 fully saturated rings. The normalized spacial score (nSPS) is 11.1. The van der Waals surface area contributed by atoms with Crippen molar-refractivity contribution in [2.45, 2.75) is 0 Å². The van der Waals surface area contributed by atoms with Crippen LogP contribution in [0, 0.1) is 17.5 Å². The lowest BCUT2D eigenvalue weighted by atomic mass is 10.2. The van der Waals surface area contributed by atoms with E-state index in [2.05, 4.69) is 0 Å². The van der Waals surface area contributed by atoms with E-state index in [4.69, 9.17) is 5.73 Å². The van der Waals surface area contributed by atoms with Crippen LogP contribution < -0.4 is 5.73 Å². The number of hydrogen-bond donors (Lipinski definition) is 1. The van der Waals surface area contributed by atoms with Crippen LogP contribution in [-0.4, -0.2) is 6.54 Å². The van der Waals surface area contributed by atoms with Gasteiger partial charge in [0.2, 0.25) is 0 Å². The second-order valence-corrected chi connectivity index (χ2v) is 2.44. The van der Waals surface area contributed by atoms with E-state index in [0.717, 1.165) is 12.1 Å². The Kier molecular flexibility index (Phi) is 3.08. The number of benzene rings is 1. The van der Waals surface area contributed by atoms with E-state index in [1.165, 1.54) is 12.2 Å². The zero-order valence-electron chi connectivity index (χ0n) is 6.73. The van der Waals surface area contributed by atoms with Crippen LogP contribution in [0.1, 0.15) is 5.56 Å². The van der Waals surface area contributed by atoms with Crippen molar-refractivity contribution in [3.8, 4) is 0 Å². The fraction of sp³-hybridized carbons (Fsp3) is 0.111. The van der Waals surface area contributed by atoms with Gasteiger partial charge in [-0.05, 0) is 17.7 Å². The van der Waals surface area contributed by atoms with Crippen LogP contribution in [0.15, 0.2) is 18.2 Å². The first kappa shape index (κ1) is 9.80. The summed E-state index contributed by atoms with van der Waals surface area (Å²) in [4.78, 5) is 0. The molecule has 0 amide bonds. The number of nitrogens with two attached hydrogens (primary N) is 1. The molecule has 0 unspecified atom stereocenters. The molecule has 0 atom stereocenters. The Morgan fingerprint density at radius 2 is 1.69 bits per heavy atom. The summed E-state index contributed by atoms with van der Waals surface area (Å²) in [7, 11) is 0. The molecule has 70 valence electrons. The van der Waals surface area contributed by atoms with Crippen molar-refractivity contribution in [1.82, 2.24) is 0 Å². The summed E-state index contributed by atoms with van der Waals surface area (Å²) in [5.41, 5.74) is 5.39. The maximum atomic E-state index is 12.6. The first-order chi connectivity index (χ1) is 6.15. The van der Waals surface area contributed by atoms with Crippen molar-refractivity contribution in [1.29, 1.82) is 0 Å². The predicted molar refractivity (Wildman–Crippen MR) is 44.4 cm³/mol. The van der Waals surface area contributed by atoms with Crippen molar-refractivity contribution < 1.29 is 13.2 Å². The minimum Gasteiger partial charge on any atom is -0.327 e. The lowest BCUT2D eigenvalue weighted by molar-refractivity contribution is 0.447. The van der Waals surface area contributed by atoms with Gasteiger partial charge in [0.05, 0.1) is 0 Å². The molecule has 0 saturated carbocycles. The van der Waals surface area contributed by atoms with Gasteiger partial charge in [0.15, 0.2) is 17.5 Å². The standard InChI is InChI=1S/C9H8F3N/c10-7-4-6(2-1-3-13)5-8(11)9(7)12/h1-2,4-5H,3,13H2. The SMILES string of the molecule is NCC=Cc1cc(F)c(F)c(F)c1. The molecule has 1 rings (SSSR count). The Morgan fingerprint density at radius 3 is 2.15 bits per heavy atom. The maximum Gasteiger partial charge on any atom is 0.194 e. The maximum absolute atomic E-state index is 12.6. The monoisotopic (exact) mass is 187 g/mol. The molecule has 0 heterocycles. The van der Waals surface area contributed by atoms with Gasteiger partial charge in [0.1, 0.15) is 0 Å². The molecule has 0 aromatic heterocycles. The second-order valence-electron chi connectivity index (χ2n) is 2.44. The lowest BCUT2D eigenvalue weighted by Crippen LogP contribution is -1.94. The Balaban J connectivity index is 3.06. The predicted octanol–water partition coefficient (Wildman–Crippen LogP) is 2.08. The molecule has 2 N–H and O–H groups in total. The van der Waals surface area contributed by atoms with Gasteiger partial charge in [-0.1, -0.05) is 12.2 Å². The summed E-state index contributed by atoms with van der Waals surface area (Å²) in [6.45, 7) is 0.264. The molecule has 0 radical (unpaired) electrons. The van der Waals surface area contributed by atoms with Gasteiger partial charge < -0.3 is 5.73 Å². The summed E-state index contributed by atoms with van der Waals surface area (Å²) in [5, 5.41) is 0. The fourth-order valence-corrected chi connectivity index (χ4v) is 0.875. The first-order valence-corrected chi connectivity index (χ1v) is 3.66. The van der Waals surface area contributed by atoms with Crippen molar-refractivity contribution in [2.75, 3.05) is 6.54 Å². The number of halogens is 3. The van der Waals surface area contributed by atoms with Gasteiger partial charge in [-0.2, -0.15) is 0 Å². The van der Waals surface area contributed by atoms with Crippen LogP contribution >= 0.6 is 0 Å². The average molecular weight is 187 g/mol. The third-order valence-corrected chi connectivity index (χ3v) is 1.45. The summed E-state index contributed by atoms with van der Waals surface area (Å²) in [6.07, 6.45) is 2.94. The highest BCUT2D eigenvalue weighted by atomic mass is 19.2. The van der Waals surface area contributed by atoms with Gasteiger partial charge in [0.25, 0.3) is 0 Å². The molecular formula is C9H8F3N. The van der Waals surface area contributed by atoms with E-state index in [1.54, 1.807) is 0 Å². The first-order valence-electron chi connectivity index (χ1n) is 3.66. The van der Waals surface area contributed by atoms with Crippen LogP contribution in [0.4, 0.5) is 13.2 Å². The van der Waals surface area contributed by atoms with Crippen molar-refractivity contribution in [3.63, 3.8) is 0 Å². The van der Waals surface area contributed by atoms with E-state index in [9.17, 15) is 13.2 Å². The molecule has 1 aromatic rings. The summed E-state index contributed by atoms with van der Waals surface area (Å²) >= 11 is 0. The van der Waals surface area contributed by atoms with Crippen molar-refractivity contribution in [3.05, 3.63) is 41.2 Å². The number of hydrogen-bond acceptors (Lipinski definition) is 1. The van der Waals surface area contributed by atoms with E-state index < -0.39 is 17.5 Å². The minimum absolute atomic E-state index is 0.252. The topological polar surface area (TPSA) is 26.0 Å². The van der Waals surface area contributed by atoms with Gasteiger partial charge in [-0.15, -0.1) is 0 Å². The highest BCUT2D eigenvalue weighted by molar-refractivity contribution is 5.49. The van der Waals surface area contributed by atoms with Crippen LogP contribution in [0.5, 0.6) is 0 Å². The second kappa shape index (κ2) is 4.09. The lowest BCUT2D eigenvalue weighted by Gasteiger charge is -1.97. The molecular weight excluding hydrogens is 179 g/mol. The van der Waals surface area contributed by atoms with Crippen molar-refractivity contribution in [2.24, 2.45) is 5.73 Å². The smallest absolute Gasteiger partial charge is 0.194 e. The molecule has 0 spiro atoms. The molecule has 4 heteroatoms. The molecule has 0 saturated heterocycles. The highest BCUT2D eigenvalue weighted by Gasteiger charge is 2.08. The van der Waals surface area contributed by atoms with Gasteiger partial charge in [-0.3, -0.25) is 0 Å². The molecule has 13 heavy (non-hydrogen) atoms. The molecule has 0 bridgehead atoms. The van der Waals surface area contributed by atoms with Crippen LogP contribution in [0.25, 0.3) is 6.08 Å². The molecule has 1 aromatic carbocycles. The third-order valence-electron chi connectivity index (χ3n) is 1.45. The van der Waals surface area contributed by atoms with E-state index in [-0.39, 0.29) is 12.1 Å². The summed E-state index contributed by atoms with van der Waals surface area (Å²) < 4.78 is 37.6. The van der Waals surface area contributed by atoms with Crippen LogP contribution in [0.3, 0.4) is 0 Å². The van der Waals surface area contributed by atoms with Crippen molar-refractivity contribution >= 4 is 6.08 Å². The zero-order chi connectivity index (χ0) is 9.84. The van der Waals surface area contributed by atoms with Gasteiger partial charge in [-0.25, -0.2) is 13.2 Å². The number of rotatable bonds is 2. The highest BCUT2D eigenvalue weighted by Crippen LogP contribution is 2.14. The fourth-order valence-electron chi connectivity index (χ4n) is 0.875. The van der Waals surface area contributed by atoms with E-state index in [0.29, 0.717) is 0 Å². The Bertz CT molecular complexity index is 311. The van der Waals surface area contributed by atoms with E-state index >= 15 is 0 Å².